The van der Waals surface area contributed by atoms with E-state index in [1.54, 1.807) is 18.2 Å². The summed E-state index contributed by atoms with van der Waals surface area (Å²) in [6.07, 6.45) is 8.59. The maximum Gasteiger partial charge on any atom is 0.131 e. The predicted molar refractivity (Wildman–Crippen MR) is 122 cm³/mol. The van der Waals surface area contributed by atoms with Gasteiger partial charge in [0.1, 0.15) is 24.5 Å². The number of hydrogen-bond donors (Lipinski definition) is 4. The van der Waals surface area contributed by atoms with Crippen LogP contribution in [0.3, 0.4) is 0 Å². The molecule has 0 aliphatic heterocycles. The number of oxime groups is 1. The van der Waals surface area contributed by atoms with E-state index in [1.165, 1.54) is 38.4 Å². The number of phenols is 1. The van der Waals surface area contributed by atoms with Gasteiger partial charge in [-0.3, -0.25) is 0 Å². The second-order valence-electron chi connectivity index (χ2n) is 8.59. The van der Waals surface area contributed by atoms with E-state index in [0.717, 1.165) is 22.4 Å². The van der Waals surface area contributed by atoms with Crippen LogP contribution < -0.4 is 11.5 Å². The summed E-state index contributed by atoms with van der Waals surface area (Å²) >= 11 is 0. The molecule has 1 heterocycles. The average molecular weight is 428 g/mol. The molecule has 2 aliphatic rings. The first-order valence-electron chi connectivity index (χ1n) is 10.9. The van der Waals surface area contributed by atoms with Crippen molar-refractivity contribution in [3.63, 3.8) is 0 Å². The first kappa shape index (κ1) is 23.0. The van der Waals surface area contributed by atoms with Gasteiger partial charge in [0, 0.05) is 41.2 Å². The van der Waals surface area contributed by atoms with Gasteiger partial charge >= 0.3 is 0 Å². The Morgan fingerprint density at radius 1 is 1.16 bits per heavy atom. The molecule has 8 nitrogen and oxygen atoms in total. The third-order valence-electron chi connectivity index (χ3n) is 5.81. The molecule has 0 amide bonds. The van der Waals surface area contributed by atoms with Crippen molar-refractivity contribution in [3.8, 4) is 17.0 Å². The molecule has 8 heteroatoms. The molecule has 4 rings (SSSR count). The number of aliphatic hydroxyl groups excluding tert-OH is 1. The van der Waals surface area contributed by atoms with E-state index in [1.807, 2.05) is 13.8 Å². The number of phenolic OH excluding ortho intramolecular Hbond substituents is 1. The Kier molecular flexibility index (Phi) is 7.46. The van der Waals surface area contributed by atoms with Crippen LogP contribution in [0.15, 0.2) is 29.7 Å². The van der Waals surface area contributed by atoms with Crippen molar-refractivity contribution in [2.75, 3.05) is 18.9 Å². The highest BCUT2D eigenvalue weighted by molar-refractivity contribution is 6.15. The molecule has 1 aromatic carbocycles. The lowest BCUT2D eigenvalue weighted by molar-refractivity contribution is 0.122. The first-order valence-corrected chi connectivity index (χ1v) is 10.9. The largest absolute Gasteiger partial charge is 0.508 e. The number of fused-ring (bicyclic) bond motifs is 3. The van der Waals surface area contributed by atoms with E-state index < -0.39 is 5.41 Å². The summed E-state index contributed by atoms with van der Waals surface area (Å²) in [5.41, 5.74) is 14.9. The maximum atomic E-state index is 9.90. The van der Waals surface area contributed by atoms with Gasteiger partial charge in [0.05, 0.1) is 11.4 Å². The number of rotatable bonds is 4. The van der Waals surface area contributed by atoms with Crippen molar-refractivity contribution in [1.29, 1.82) is 0 Å². The standard InChI is InChI=1S/C17H20N4O3.C6H13N/c1-17(2)13-14(19-9-20-16(13)18)11-5-4-10(23)8-12(11)15(17)21-24-7-3-6-22;7-6-4-2-1-3-5-6/h4-5,8-9,22-23H,3,6-7H2,1-2H3,(H2,18,19,20);6H,1-5,7H2/b21-15+;. The molecule has 2 aromatic rings. The van der Waals surface area contributed by atoms with Crippen LogP contribution in [0.5, 0.6) is 5.75 Å². The fraction of sp³-hybridized carbons (Fsp3) is 0.522. The van der Waals surface area contributed by atoms with Crippen LogP contribution in [0.2, 0.25) is 0 Å². The SMILES string of the molecule is CC1(C)/C(=N/OCCCO)c2cc(O)ccc2-c2ncnc(N)c21.NC1CCCCC1. The summed E-state index contributed by atoms with van der Waals surface area (Å²) < 4.78 is 0. The fourth-order valence-corrected chi connectivity index (χ4v) is 4.15. The van der Waals surface area contributed by atoms with Gasteiger partial charge in [-0.25, -0.2) is 9.97 Å². The van der Waals surface area contributed by atoms with Gasteiger partial charge in [-0.2, -0.15) is 0 Å². The van der Waals surface area contributed by atoms with E-state index in [9.17, 15) is 5.11 Å². The number of nitrogen functional groups attached to an aromatic ring is 1. The average Bonchev–Trinajstić information content (AvgIpc) is 2.73. The Bertz CT molecular complexity index is 923. The molecule has 0 bridgehead atoms. The summed E-state index contributed by atoms with van der Waals surface area (Å²) in [5, 5.41) is 23.1. The Morgan fingerprint density at radius 2 is 1.90 bits per heavy atom. The lowest BCUT2D eigenvalue weighted by Gasteiger charge is -2.34. The van der Waals surface area contributed by atoms with Crippen molar-refractivity contribution in [3.05, 3.63) is 35.7 Å². The minimum atomic E-state index is -0.597. The van der Waals surface area contributed by atoms with Crippen LogP contribution in [0.1, 0.15) is 63.5 Å². The first-order chi connectivity index (χ1) is 14.9. The third-order valence-corrected chi connectivity index (χ3v) is 5.81. The van der Waals surface area contributed by atoms with Gasteiger partial charge in [-0.05, 0) is 44.9 Å². The zero-order valence-electron chi connectivity index (χ0n) is 18.3. The van der Waals surface area contributed by atoms with Gasteiger partial charge in [-0.1, -0.05) is 24.4 Å². The molecule has 0 atom stereocenters. The van der Waals surface area contributed by atoms with E-state index in [4.69, 9.17) is 21.4 Å². The number of benzene rings is 1. The number of hydrogen-bond acceptors (Lipinski definition) is 8. The minimum absolute atomic E-state index is 0.0369. The van der Waals surface area contributed by atoms with E-state index in [2.05, 4.69) is 15.1 Å². The Labute approximate surface area is 183 Å². The van der Waals surface area contributed by atoms with E-state index in [-0.39, 0.29) is 12.4 Å². The molecule has 1 saturated carbocycles. The molecule has 1 aromatic heterocycles. The summed E-state index contributed by atoms with van der Waals surface area (Å²) in [6.45, 7) is 4.27. The van der Waals surface area contributed by atoms with Crippen LogP contribution in [0.4, 0.5) is 5.82 Å². The van der Waals surface area contributed by atoms with Gasteiger partial charge in [0.15, 0.2) is 0 Å². The van der Waals surface area contributed by atoms with Gasteiger partial charge in [-0.15, -0.1) is 0 Å². The lowest BCUT2D eigenvalue weighted by atomic mass is 9.70. The van der Waals surface area contributed by atoms with E-state index >= 15 is 0 Å². The number of aromatic hydroxyl groups is 1. The summed E-state index contributed by atoms with van der Waals surface area (Å²) in [5.74, 6) is 0.532. The van der Waals surface area contributed by atoms with E-state index in [0.29, 0.717) is 30.6 Å². The number of aromatic nitrogens is 2. The number of aliphatic hydroxyl groups is 1. The van der Waals surface area contributed by atoms with Crippen molar-refractivity contribution in [2.24, 2.45) is 10.9 Å². The van der Waals surface area contributed by atoms with Crippen molar-refractivity contribution in [2.45, 2.75) is 63.8 Å². The molecule has 31 heavy (non-hydrogen) atoms. The highest BCUT2D eigenvalue weighted by Gasteiger charge is 2.40. The second kappa shape index (κ2) is 10.1. The monoisotopic (exact) mass is 427 g/mol. The molecular formula is C23H33N5O3. The number of nitrogens with two attached hydrogens (primary N) is 2. The summed E-state index contributed by atoms with van der Waals surface area (Å²) in [4.78, 5) is 13.9. The normalized spacial score (nSPS) is 18.5. The van der Waals surface area contributed by atoms with Crippen molar-refractivity contribution >= 4 is 11.5 Å². The molecular weight excluding hydrogens is 394 g/mol. The molecule has 0 spiro atoms. The molecule has 0 radical (unpaired) electrons. The molecule has 168 valence electrons. The zero-order valence-corrected chi connectivity index (χ0v) is 18.3. The fourth-order valence-electron chi connectivity index (χ4n) is 4.15. The molecule has 2 aliphatic carbocycles. The quantitative estimate of drug-likeness (QED) is 0.434. The molecule has 1 fully saturated rings. The van der Waals surface area contributed by atoms with Gasteiger partial charge < -0.3 is 26.5 Å². The highest BCUT2D eigenvalue weighted by Crippen LogP contribution is 2.45. The van der Waals surface area contributed by atoms with Crippen LogP contribution >= 0.6 is 0 Å². The highest BCUT2D eigenvalue weighted by atomic mass is 16.6. The zero-order chi connectivity index (χ0) is 22.4. The number of nitrogens with zero attached hydrogens (tertiary/aromatic N) is 3. The minimum Gasteiger partial charge on any atom is -0.508 e. The molecule has 0 unspecified atom stereocenters. The smallest absolute Gasteiger partial charge is 0.131 e. The van der Waals surface area contributed by atoms with Crippen LogP contribution in [-0.4, -0.2) is 45.1 Å². The molecule has 0 saturated heterocycles. The maximum absolute atomic E-state index is 9.90. The third kappa shape index (κ3) is 5.14. The summed E-state index contributed by atoms with van der Waals surface area (Å²) in [6, 6.07) is 5.57. The summed E-state index contributed by atoms with van der Waals surface area (Å²) in [7, 11) is 0. The van der Waals surface area contributed by atoms with Crippen molar-refractivity contribution < 1.29 is 15.1 Å². The molecule has 6 N–H and O–H groups in total. The van der Waals surface area contributed by atoms with Crippen LogP contribution in [0.25, 0.3) is 11.3 Å². The Morgan fingerprint density at radius 3 is 2.55 bits per heavy atom. The number of anilines is 1. The van der Waals surface area contributed by atoms with Crippen LogP contribution in [0, 0.1) is 0 Å². The Hall–Kier alpha value is -2.71. The van der Waals surface area contributed by atoms with Crippen molar-refractivity contribution in [1.82, 2.24) is 9.97 Å². The predicted octanol–water partition coefficient (Wildman–Crippen LogP) is 3.10. The second-order valence-corrected chi connectivity index (χ2v) is 8.59. The topological polar surface area (TPSA) is 140 Å². The van der Waals surface area contributed by atoms with Gasteiger partial charge in [0.2, 0.25) is 0 Å². The Balaban J connectivity index is 0.000000330. The van der Waals surface area contributed by atoms with Gasteiger partial charge in [0.25, 0.3) is 0 Å². The van der Waals surface area contributed by atoms with Crippen LogP contribution in [-0.2, 0) is 10.3 Å². The lowest BCUT2D eigenvalue weighted by Crippen LogP contribution is -2.36.